The number of nitrogens with zero attached hydrogens (tertiary/aromatic N) is 1. The first-order chi connectivity index (χ1) is 19.7. The number of ether oxygens (including phenoxy) is 1. The molecule has 2 heterocycles. The molecular weight excluding hydrogens is 560 g/mol. The van der Waals surface area contributed by atoms with Crippen LogP contribution < -0.4 is 4.74 Å². The van der Waals surface area contributed by atoms with Crippen LogP contribution in [-0.2, 0) is 30.0 Å². The van der Waals surface area contributed by atoms with Gasteiger partial charge in [0.2, 0.25) is 0 Å². The summed E-state index contributed by atoms with van der Waals surface area (Å²) in [7, 11) is 0. The van der Waals surface area contributed by atoms with Crippen LogP contribution in [0.5, 0.6) is 5.75 Å². The SMILES string of the molecule is C1CC1.CC(Cc1ccc2c(c1)OC1(CC2)C2CC[C@H]1CN(C(C)c1cc(C(F)(F)F)ccc1C(F)(F)F)C2)C(=O)O. The molecule has 5 atom stereocenters. The molecule has 1 N–H and O–H groups in total. The molecule has 4 nitrogen and oxygen atoms in total. The van der Waals surface area contributed by atoms with E-state index < -0.39 is 47.0 Å². The van der Waals surface area contributed by atoms with Gasteiger partial charge in [0, 0.05) is 31.0 Å². The number of hydrogen-bond acceptors (Lipinski definition) is 3. The zero-order chi connectivity index (χ0) is 30.4. The van der Waals surface area contributed by atoms with Crippen LogP contribution in [-0.4, -0.2) is 34.7 Å². The van der Waals surface area contributed by atoms with Gasteiger partial charge in [0.25, 0.3) is 0 Å². The number of alkyl halides is 6. The summed E-state index contributed by atoms with van der Waals surface area (Å²) in [5, 5.41) is 9.27. The second kappa shape index (κ2) is 11.4. The van der Waals surface area contributed by atoms with Crippen molar-refractivity contribution in [3.05, 3.63) is 64.2 Å². The monoisotopic (exact) mass is 597 g/mol. The Morgan fingerprint density at radius 3 is 2.17 bits per heavy atom. The van der Waals surface area contributed by atoms with Crippen molar-refractivity contribution in [2.75, 3.05) is 13.1 Å². The summed E-state index contributed by atoms with van der Waals surface area (Å²) in [6.07, 6.45) is -1.45. The number of aliphatic carboxylic acids is 1. The summed E-state index contributed by atoms with van der Waals surface area (Å²) in [6.45, 7) is 4.05. The van der Waals surface area contributed by atoms with Crippen molar-refractivity contribution < 1.29 is 41.0 Å². The van der Waals surface area contributed by atoms with Gasteiger partial charge >= 0.3 is 18.3 Å². The molecule has 3 fully saturated rings. The second-order valence-corrected chi connectivity index (χ2v) is 12.4. The number of benzene rings is 2. The van der Waals surface area contributed by atoms with Gasteiger partial charge in [-0.15, -0.1) is 0 Å². The molecule has 6 rings (SSSR count). The zero-order valence-corrected chi connectivity index (χ0v) is 23.8. The maximum absolute atomic E-state index is 13.8. The van der Waals surface area contributed by atoms with Crippen molar-refractivity contribution in [3.63, 3.8) is 0 Å². The van der Waals surface area contributed by atoms with Crippen LogP contribution >= 0.6 is 0 Å². The molecule has 0 amide bonds. The number of halogens is 6. The Morgan fingerprint density at radius 2 is 1.62 bits per heavy atom. The molecule has 4 aliphatic rings. The van der Waals surface area contributed by atoms with Crippen LogP contribution in [0.15, 0.2) is 36.4 Å². The Hall–Kier alpha value is -2.75. The summed E-state index contributed by atoms with van der Waals surface area (Å²) in [4.78, 5) is 13.2. The van der Waals surface area contributed by atoms with Crippen molar-refractivity contribution in [2.45, 2.75) is 89.2 Å². The van der Waals surface area contributed by atoms with Crippen molar-refractivity contribution in [1.29, 1.82) is 0 Å². The van der Waals surface area contributed by atoms with Crippen molar-refractivity contribution in [3.8, 4) is 5.75 Å². The first kappa shape index (κ1) is 30.7. The van der Waals surface area contributed by atoms with Gasteiger partial charge in [-0.25, -0.2) is 0 Å². The number of piperidine rings is 1. The van der Waals surface area contributed by atoms with Gasteiger partial charge in [-0.3, -0.25) is 9.69 Å². The standard InChI is InChI=1S/C29H31F6NO3.C3H6/c1-16(26(37)38)11-18-3-4-19-9-10-27(39-25(19)12-18)21-5-6-22(27)15-36(14-21)17(2)23-13-20(28(30,31)32)7-8-24(23)29(33,34)35;1-2-3-1/h3-4,7-8,12-13,16-17,21-22H,5-6,9-11,14-15H2,1-2H3,(H,37,38);1-3H2/t16?,17?,21-,22?,27?;/m0./s1. The van der Waals surface area contributed by atoms with E-state index in [9.17, 15) is 36.2 Å². The molecule has 2 saturated carbocycles. The molecule has 2 aromatic rings. The summed E-state index contributed by atoms with van der Waals surface area (Å²) < 4.78 is 88.3. The van der Waals surface area contributed by atoms with E-state index in [1.54, 1.807) is 13.8 Å². The largest absolute Gasteiger partial charge is 0.486 e. The average Bonchev–Trinajstić information content (AvgIpc) is 3.79. The lowest BCUT2D eigenvalue weighted by atomic mass is 9.74. The summed E-state index contributed by atoms with van der Waals surface area (Å²) >= 11 is 0. The van der Waals surface area contributed by atoms with Crippen LogP contribution in [0.4, 0.5) is 26.3 Å². The highest BCUT2D eigenvalue weighted by atomic mass is 19.4. The van der Waals surface area contributed by atoms with Crippen molar-refractivity contribution >= 4 is 5.97 Å². The summed E-state index contributed by atoms with van der Waals surface area (Å²) in [5.74, 6) is -0.646. The Balaban J connectivity index is 0.00000110. The fourth-order valence-corrected chi connectivity index (χ4v) is 6.84. The number of carbonyl (C=O) groups is 1. The fourth-order valence-electron chi connectivity index (χ4n) is 6.84. The van der Waals surface area contributed by atoms with E-state index in [-0.39, 0.29) is 17.4 Å². The van der Waals surface area contributed by atoms with Crippen molar-refractivity contribution in [1.82, 2.24) is 4.90 Å². The van der Waals surface area contributed by atoms with Crippen LogP contribution in [0, 0.1) is 17.8 Å². The highest BCUT2D eigenvalue weighted by Gasteiger charge is 2.57. The van der Waals surface area contributed by atoms with E-state index in [0.717, 1.165) is 42.6 Å². The number of carboxylic acid groups (broad SMARTS) is 1. The molecule has 2 aliphatic carbocycles. The minimum absolute atomic E-state index is 0.0218. The van der Waals surface area contributed by atoms with E-state index in [4.69, 9.17) is 4.74 Å². The molecule has 2 aliphatic heterocycles. The van der Waals surface area contributed by atoms with E-state index in [1.807, 2.05) is 23.1 Å². The number of fused-ring (bicyclic) bond motifs is 1. The fraction of sp³-hybridized carbons (Fsp3) is 0.594. The number of hydrogen-bond donors (Lipinski definition) is 1. The Bertz CT molecular complexity index is 1290. The molecule has 42 heavy (non-hydrogen) atoms. The maximum Gasteiger partial charge on any atom is 0.416 e. The third kappa shape index (κ3) is 6.29. The minimum Gasteiger partial charge on any atom is -0.486 e. The molecule has 0 aromatic heterocycles. The van der Waals surface area contributed by atoms with Gasteiger partial charge in [-0.1, -0.05) is 38.3 Å². The lowest BCUT2D eigenvalue weighted by molar-refractivity contribution is -0.142. The van der Waals surface area contributed by atoms with Gasteiger partial charge in [0.05, 0.1) is 17.0 Å². The molecular formula is C32H37F6NO3. The van der Waals surface area contributed by atoms with Gasteiger partial charge in [0.1, 0.15) is 11.4 Å². The van der Waals surface area contributed by atoms with Gasteiger partial charge < -0.3 is 9.84 Å². The normalized spacial score (nSPS) is 26.5. The Labute approximate surface area is 242 Å². The van der Waals surface area contributed by atoms with Gasteiger partial charge in [-0.2, -0.15) is 26.3 Å². The maximum atomic E-state index is 13.8. The molecule has 4 unspecified atom stereocenters. The molecule has 1 saturated heterocycles. The topological polar surface area (TPSA) is 49.8 Å². The van der Waals surface area contributed by atoms with E-state index in [1.165, 1.54) is 19.3 Å². The molecule has 1 spiro atoms. The Morgan fingerprint density at radius 1 is 0.976 bits per heavy atom. The van der Waals surface area contributed by atoms with Crippen LogP contribution in [0.1, 0.15) is 86.2 Å². The lowest BCUT2D eigenvalue weighted by Gasteiger charge is -2.51. The smallest absolute Gasteiger partial charge is 0.416 e. The first-order valence-electron chi connectivity index (χ1n) is 14.7. The zero-order valence-electron chi connectivity index (χ0n) is 23.8. The predicted octanol–water partition coefficient (Wildman–Crippen LogP) is 8.32. The van der Waals surface area contributed by atoms with Crippen LogP contribution in [0.25, 0.3) is 0 Å². The summed E-state index contributed by atoms with van der Waals surface area (Å²) in [5.41, 5.74) is -1.07. The minimum atomic E-state index is -4.77. The third-order valence-corrected chi connectivity index (χ3v) is 9.37. The lowest BCUT2D eigenvalue weighted by Crippen LogP contribution is -2.58. The van der Waals surface area contributed by atoms with Gasteiger partial charge in [0.15, 0.2) is 0 Å². The molecule has 10 heteroatoms. The van der Waals surface area contributed by atoms with Crippen LogP contribution in [0.2, 0.25) is 0 Å². The van der Waals surface area contributed by atoms with Gasteiger partial charge in [-0.05, 0) is 80.0 Å². The molecule has 2 aromatic carbocycles. The quantitative estimate of drug-likeness (QED) is 0.352. The van der Waals surface area contributed by atoms with E-state index >= 15 is 0 Å². The third-order valence-electron chi connectivity index (χ3n) is 9.37. The predicted molar refractivity (Wildman–Crippen MR) is 145 cm³/mol. The van der Waals surface area contributed by atoms with E-state index in [0.29, 0.717) is 37.7 Å². The molecule has 2 bridgehead atoms. The second-order valence-electron chi connectivity index (χ2n) is 12.4. The first-order valence-corrected chi connectivity index (χ1v) is 14.7. The number of carboxylic acids is 1. The molecule has 0 radical (unpaired) electrons. The van der Waals surface area contributed by atoms with Crippen molar-refractivity contribution in [2.24, 2.45) is 17.8 Å². The summed E-state index contributed by atoms with van der Waals surface area (Å²) in [6, 6.07) is 6.62. The number of likely N-dealkylation sites (tertiary alicyclic amines) is 1. The number of rotatable bonds is 5. The Kier molecular flexibility index (Phi) is 8.33. The van der Waals surface area contributed by atoms with Crippen LogP contribution in [0.3, 0.4) is 0 Å². The molecule has 230 valence electrons. The number of aryl methyl sites for hydroxylation is 1. The van der Waals surface area contributed by atoms with E-state index in [2.05, 4.69) is 0 Å². The highest BCUT2D eigenvalue weighted by Crippen LogP contribution is 2.54. The average molecular weight is 598 g/mol. The highest BCUT2D eigenvalue weighted by molar-refractivity contribution is 5.70.